The Bertz CT molecular complexity index is 1130. The Balaban J connectivity index is 1.87. The maximum atomic E-state index is 12.8. The zero-order valence-corrected chi connectivity index (χ0v) is 17.8. The van der Waals surface area contributed by atoms with Gasteiger partial charge in [-0.15, -0.1) is 0 Å². The highest BCUT2D eigenvalue weighted by atomic mass is 79.9. The van der Waals surface area contributed by atoms with E-state index in [1.807, 2.05) is 25.1 Å². The normalized spacial score (nSPS) is 11.1. The number of hydrogen-bond acceptors (Lipinski definition) is 3. The van der Waals surface area contributed by atoms with Gasteiger partial charge in [-0.3, -0.25) is 9.52 Å². The highest BCUT2D eigenvalue weighted by molar-refractivity contribution is 9.10. The molecule has 0 fully saturated rings. The van der Waals surface area contributed by atoms with E-state index in [2.05, 4.69) is 26.0 Å². The Labute approximate surface area is 173 Å². The van der Waals surface area contributed by atoms with Gasteiger partial charge in [0, 0.05) is 21.4 Å². The molecular weight excluding hydrogens is 440 g/mol. The molecule has 0 aliphatic rings. The lowest BCUT2D eigenvalue weighted by Crippen LogP contribution is -2.17. The van der Waals surface area contributed by atoms with E-state index in [-0.39, 0.29) is 16.4 Å². The number of sulfonamides is 1. The van der Waals surface area contributed by atoms with E-state index in [9.17, 15) is 13.2 Å². The van der Waals surface area contributed by atoms with Gasteiger partial charge in [0.25, 0.3) is 15.9 Å². The second-order valence-electron chi connectivity index (χ2n) is 6.42. The van der Waals surface area contributed by atoms with Crippen molar-refractivity contribution in [1.82, 2.24) is 0 Å². The third-order valence-corrected chi connectivity index (χ3v) is 6.14. The molecule has 0 saturated heterocycles. The molecule has 28 heavy (non-hydrogen) atoms. The summed E-state index contributed by atoms with van der Waals surface area (Å²) in [6, 6.07) is 18.8. The minimum absolute atomic E-state index is 0.0648. The average molecular weight is 459 g/mol. The summed E-state index contributed by atoms with van der Waals surface area (Å²) < 4.78 is 29.1. The fourth-order valence-electron chi connectivity index (χ4n) is 2.63. The maximum Gasteiger partial charge on any atom is 0.262 e. The summed E-state index contributed by atoms with van der Waals surface area (Å²) in [7, 11) is -3.83. The number of benzene rings is 3. The largest absolute Gasteiger partial charge is 0.322 e. The zero-order valence-electron chi connectivity index (χ0n) is 15.4. The quantitative estimate of drug-likeness (QED) is 0.556. The van der Waals surface area contributed by atoms with Crippen molar-refractivity contribution < 1.29 is 13.2 Å². The topological polar surface area (TPSA) is 75.3 Å². The molecule has 1 amide bonds. The van der Waals surface area contributed by atoms with Crippen LogP contribution in [0.25, 0.3) is 0 Å². The summed E-state index contributed by atoms with van der Waals surface area (Å²) in [5.41, 5.74) is 2.93. The number of amides is 1. The van der Waals surface area contributed by atoms with Crippen LogP contribution in [0.15, 0.2) is 76.1 Å². The fourth-order valence-corrected chi connectivity index (χ4v) is 4.36. The van der Waals surface area contributed by atoms with Crippen LogP contribution < -0.4 is 10.0 Å². The molecule has 3 aromatic carbocycles. The first kappa shape index (κ1) is 20.1. The molecule has 0 spiro atoms. The Kier molecular flexibility index (Phi) is 5.86. The third kappa shape index (κ3) is 4.79. The van der Waals surface area contributed by atoms with Crippen LogP contribution in [-0.2, 0) is 10.0 Å². The molecule has 7 heteroatoms. The number of rotatable bonds is 5. The van der Waals surface area contributed by atoms with Crippen molar-refractivity contribution in [3.8, 4) is 0 Å². The monoisotopic (exact) mass is 458 g/mol. The lowest BCUT2D eigenvalue weighted by Gasteiger charge is -2.12. The maximum absolute atomic E-state index is 12.8. The van der Waals surface area contributed by atoms with Crippen molar-refractivity contribution in [2.45, 2.75) is 18.7 Å². The molecule has 144 valence electrons. The molecule has 3 rings (SSSR count). The third-order valence-electron chi connectivity index (χ3n) is 4.13. The molecule has 5 nitrogen and oxygen atoms in total. The van der Waals surface area contributed by atoms with Gasteiger partial charge in [0.1, 0.15) is 0 Å². The molecule has 2 N–H and O–H groups in total. The number of hydrogen-bond donors (Lipinski definition) is 2. The summed E-state index contributed by atoms with van der Waals surface area (Å²) in [5.74, 6) is -0.384. The lowest BCUT2D eigenvalue weighted by molar-refractivity contribution is 0.102. The molecule has 0 aliphatic heterocycles. The Morgan fingerprint density at radius 3 is 2.29 bits per heavy atom. The predicted molar refractivity (Wildman–Crippen MR) is 115 cm³/mol. The number of anilines is 2. The molecular formula is C21H19BrN2O3S. The Hall–Kier alpha value is -2.64. The van der Waals surface area contributed by atoms with Crippen molar-refractivity contribution in [2.75, 3.05) is 10.0 Å². The van der Waals surface area contributed by atoms with Gasteiger partial charge in [0.15, 0.2) is 0 Å². The first-order valence-corrected chi connectivity index (χ1v) is 10.8. The van der Waals surface area contributed by atoms with Crippen molar-refractivity contribution >= 4 is 43.2 Å². The van der Waals surface area contributed by atoms with Crippen LogP contribution in [0.1, 0.15) is 21.5 Å². The van der Waals surface area contributed by atoms with Crippen LogP contribution in [0.3, 0.4) is 0 Å². The van der Waals surface area contributed by atoms with E-state index in [0.29, 0.717) is 16.9 Å². The van der Waals surface area contributed by atoms with Crippen LogP contribution in [-0.4, -0.2) is 14.3 Å². The van der Waals surface area contributed by atoms with E-state index in [1.54, 1.807) is 49.4 Å². The molecule has 0 heterocycles. The molecule has 0 radical (unpaired) electrons. The number of carbonyl (C=O) groups excluding carboxylic acids is 1. The van der Waals surface area contributed by atoms with Crippen LogP contribution >= 0.6 is 15.9 Å². The molecule has 0 saturated carbocycles. The van der Waals surface area contributed by atoms with E-state index in [0.717, 1.165) is 10.0 Å². The van der Waals surface area contributed by atoms with Crippen LogP contribution in [0.5, 0.6) is 0 Å². The molecule has 0 bridgehead atoms. The SMILES string of the molecule is Cc1ccc(NS(=O)(=O)c2cc(C(=O)Nc3cccc(Br)c3)ccc2C)cc1. The molecule has 0 aliphatic carbocycles. The van der Waals surface area contributed by atoms with Crippen molar-refractivity contribution in [2.24, 2.45) is 0 Å². The van der Waals surface area contributed by atoms with Crippen molar-refractivity contribution in [3.05, 3.63) is 87.9 Å². The van der Waals surface area contributed by atoms with Gasteiger partial charge in [0.05, 0.1) is 4.90 Å². The van der Waals surface area contributed by atoms with Gasteiger partial charge in [0.2, 0.25) is 0 Å². The highest BCUT2D eigenvalue weighted by Crippen LogP contribution is 2.22. The van der Waals surface area contributed by atoms with Crippen LogP contribution in [0.4, 0.5) is 11.4 Å². The molecule has 0 aromatic heterocycles. The summed E-state index contributed by atoms with van der Waals surface area (Å²) in [5, 5.41) is 2.77. The summed E-state index contributed by atoms with van der Waals surface area (Å²) in [4.78, 5) is 12.6. The second kappa shape index (κ2) is 8.16. The summed E-state index contributed by atoms with van der Waals surface area (Å²) in [6.45, 7) is 3.62. The van der Waals surface area contributed by atoms with Gasteiger partial charge in [-0.05, 0) is 61.9 Å². The predicted octanol–water partition coefficient (Wildman–Crippen LogP) is 5.12. The molecule has 3 aromatic rings. The standard InChI is InChI=1S/C21H19BrN2O3S/c1-14-6-10-18(11-7-14)24-28(26,27)20-12-16(9-8-15(20)2)21(25)23-19-5-3-4-17(22)13-19/h3-13,24H,1-2H3,(H,23,25). The van der Waals surface area contributed by atoms with Crippen molar-refractivity contribution in [3.63, 3.8) is 0 Å². The highest BCUT2D eigenvalue weighted by Gasteiger charge is 2.19. The summed E-state index contributed by atoms with van der Waals surface area (Å²) >= 11 is 3.35. The Morgan fingerprint density at radius 1 is 0.893 bits per heavy atom. The fraction of sp³-hybridized carbons (Fsp3) is 0.0952. The number of halogens is 1. The minimum Gasteiger partial charge on any atom is -0.322 e. The van der Waals surface area contributed by atoms with Crippen LogP contribution in [0, 0.1) is 13.8 Å². The zero-order chi connectivity index (χ0) is 20.3. The van der Waals surface area contributed by atoms with E-state index in [4.69, 9.17) is 0 Å². The minimum atomic E-state index is -3.83. The van der Waals surface area contributed by atoms with Crippen LogP contribution in [0.2, 0.25) is 0 Å². The van der Waals surface area contributed by atoms with Gasteiger partial charge in [-0.25, -0.2) is 8.42 Å². The van der Waals surface area contributed by atoms with Crippen molar-refractivity contribution in [1.29, 1.82) is 0 Å². The summed E-state index contributed by atoms with van der Waals surface area (Å²) in [6.07, 6.45) is 0. The lowest BCUT2D eigenvalue weighted by atomic mass is 10.1. The molecule has 0 unspecified atom stereocenters. The van der Waals surface area contributed by atoms with Gasteiger partial charge in [-0.2, -0.15) is 0 Å². The van der Waals surface area contributed by atoms with Gasteiger partial charge >= 0.3 is 0 Å². The number of aryl methyl sites for hydroxylation is 2. The van der Waals surface area contributed by atoms with E-state index < -0.39 is 10.0 Å². The number of carbonyl (C=O) groups is 1. The van der Waals surface area contributed by atoms with Gasteiger partial charge < -0.3 is 5.32 Å². The van der Waals surface area contributed by atoms with Gasteiger partial charge in [-0.1, -0.05) is 45.8 Å². The van der Waals surface area contributed by atoms with E-state index in [1.165, 1.54) is 6.07 Å². The first-order valence-electron chi connectivity index (χ1n) is 8.52. The second-order valence-corrected chi connectivity index (χ2v) is 8.98. The van der Waals surface area contributed by atoms with E-state index >= 15 is 0 Å². The first-order chi connectivity index (χ1) is 13.2. The average Bonchev–Trinajstić information content (AvgIpc) is 2.63. The Morgan fingerprint density at radius 2 is 1.61 bits per heavy atom. The number of nitrogens with one attached hydrogen (secondary N) is 2. The molecule has 0 atom stereocenters. The smallest absolute Gasteiger partial charge is 0.262 e.